The zero-order valence-corrected chi connectivity index (χ0v) is 9.55. The van der Waals surface area contributed by atoms with Crippen LogP contribution in [0.5, 0.6) is 0 Å². The van der Waals surface area contributed by atoms with Gasteiger partial charge in [-0.15, -0.1) is 0 Å². The molecule has 11 heavy (non-hydrogen) atoms. The fraction of sp³-hybridized carbons (Fsp3) is 0.556. The van der Waals surface area contributed by atoms with E-state index >= 15 is 0 Å². The summed E-state index contributed by atoms with van der Waals surface area (Å²) in [5.41, 5.74) is 8.00. The van der Waals surface area contributed by atoms with Gasteiger partial charge < -0.3 is 5.73 Å². The van der Waals surface area contributed by atoms with Crippen LogP contribution in [0.25, 0.3) is 0 Å². The van der Waals surface area contributed by atoms with Crippen LogP contribution in [0, 0.1) is 5.92 Å². The minimum absolute atomic E-state index is 0.417. The number of alkyl halides is 1. The SMILES string of the molecule is C=C/C(=C(\N)C(C)C)C(C)I. The van der Waals surface area contributed by atoms with Crippen LogP contribution in [0.15, 0.2) is 23.9 Å². The molecule has 0 radical (unpaired) electrons. The van der Waals surface area contributed by atoms with Crippen molar-refractivity contribution < 1.29 is 0 Å². The highest BCUT2D eigenvalue weighted by molar-refractivity contribution is 14.1. The molecule has 0 amide bonds. The zero-order chi connectivity index (χ0) is 9.02. The molecule has 0 aromatic heterocycles. The summed E-state index contributed by atoms with van der Waals surface area (Å²) in [6.45, 7) is 10.1. The summed E-state index contributed by atoms with van der Waals surface area (Å²) in [7, 11) is 0. The third-order valence-corrected chi connectivity index (χ3v) is 2.27. The predicted molar refractivity (Wildman–Crippen MR) is 59.7 cm³/mol. The normalized spacial score (nSPS) is 16.1. The summed E-state index contributed by atoms with van der Waals surface area (Å²) in [5, 5.41) is 0. The van der Waals surface area contributed by atoms with Crippen LogP contribution in [-0.2, 0) is 0 Å². The fourth-order valence-electron chi connectivity index (χ4n) is 0.843. The van der Waals surface area contributed by atoms with Crippen molar-refractivity contribution in [3.8, 4) is 0 Å². The number of allylic oxidation sites excluding steroid dienone is 3. The maximum atomic E-state index is 5.88. The van der Waals surface area contributed by atoms with Crippen molar-refractivity contribution in [3.63, 3.8) is 0 Å². The lowest BCUT2D eigenvalue weighted by molar-refractivity contribution is 0.744. The van der Waals surface area contributed by atoms with E-state index in [1.807, 2.05) is 6.08 Å². The average molecular weight is 265 g/mol. The molecule has 0 aliphatic heterocycles. The molecule has 0 spiro atoms. The van der Waals surface area contributed by atoms with E-state index in [4.69, 9.17) is 5.73 Å². The van der Waals surface area contributed by atoms with Gasteiger partial charge >= 0.3 is 0 Å². The van der Waals surface area contributed by atoms with Crippen LogP contribution >= 0.6 is 22.6 Å². The Kier molecular flexibility index (Phi) is 4.81. The van der Waals surface area contributed by atoms with Crippen molar-refractivity contribution in [2.24, 2.45) is 11.7 Å². The molecule has 0 rings (SSSR count). The number of rotatable bonds is 3. The van der Waals surface area contributed by atoms with Gasteiger partial charge in [0.05, 0.1) is 0 Å². The molecule has 0 aromatic rings. The maximum Gasteiger partial charge on any atom is 0.0348 e. The second kappa shape index (κ2) is 4.80. The van der Waals surface area contributed by atoms with E-state index in [9.17, 15) is 0 Å². The fourth-order valence-corrected chi connectivity index (χ4v) is 1.46. The molecule has 2 heteroatoms. The first-order chi connectivity index (χ1) is 5.00. The van der Waals surface area contributed by atoms with E-state index < -0.39 is 0 Å². The summed E-state index contributed by atoms with van der Waals surface area (Å²) in [5.74, 6) is 0.417. The Morgan fingerprint density at radius 1 is 1.45 bits per heavy atom. The lowest BCUT2D eigenvalue weighted by atomic mass is 10.0. The quantitative estimate of drug-likeness (QED) is 0.474. The van der Waals surface area contributed by atoms with Crippen LogP contribution in [-0.4, -0.2) is 3.92 Å². The van der Waals surface area contributed by atoms with Gasteiger partial charge in [0.1, 0.15) is 0 Å². The first kappa shape index (κ1) is 11.0. The summed E-state index contributed by atoms with van der Waals surface area (Å²) >= 11 is 2.34. The van der Waals surface area contributed by atoms with Gasteiger partial charge in [0.25, 0.3) is 0 Å². The average Bonchev–Trinajstić information content (AvgIpc) is 1.88. The highest BCUT2D eigenvalue weighted by Crippen LogP contribution is 2.19. The molecule has 0 fully saturated rings. The van der Waals surface area contributed by atoms with E-state index in [0.717, 1.165) is 5.70 Å². The van der Waals surface area contributed by atoms with Gasteiger partial charge in [-0.05, 0) is 18.4 Å². The Morgan fingerprint density at radius 3 is 2.00 bits per heavy atom. The van der Waals surface area contributed by atoms with Crippen molar-refractivity contribution in [1.29, 1.82) is 0 Å². The summed E-state index contributed by atoms with van der Waals surface area (Å²) in [4.78, 5) is 0. The molecule has 64 valence electrons. The highest BCUT2D eigenvalue weighted by atomic mass is 127. The van der Waals surface area contributed by atoms with E-state index in [-0.39, 0.29) is 0 Å². The lowest BCUT2D eigenvalue weighted by Gasteiger charge is -2.13. The Hall–Kier alpha value is 0.0100. The third-order valence-electron chi connectivity index (χ3n) is 1.60. The van der Waals surface area contributed by atoms with E-state index in [1.54, 1.807) is 0 Å². The highest BCUT2D eigenvalue weighted by Gasteiger charge is 2.08. The largest absolute Gasteiger partial charge is 0.402 e. The van der Waals surface area contributed by atoms with Crippen LogP contribution in [0.3, 0.4) is 0 Å². The Bertz CT molecular complexity index is 168. The second-order valence-corrected chi connectivity index (χ2v) is 4.75. The molecule has 0 saturated heterocycles. The zero-order valence-electron chi connectivity index (χ0n) is 7.39. The molecule has 0 heterocycles. The first-order valence-corrected chi connectivity index (χ1v) is 5.01. The molecule has 0 aromatic carbocycles. The molecule has 1 atom stereocenters. The number of nitrogens with two attached hydrogens (primary N) is 1. The lowest BCUT2D eigenvalue weighted by Crippen LogP contribution is -2.12. The third kappa shape index (κ3) is 3.27. The molecule has 0 saturated carbocycles. The van der Waals surface area contributed by atoms with Crippen molar-refractivity contribution in [2.75, 3.05) is 0 Å². The first-order valence-electron chi connectivity index (χ1n) is 3.76. The van der Waals surface area contributed by atoms with Crippen LogP contribution in [0.2, 0.25) is 0 Å². The van der Waals surface area contributed by atoms with Gasteiger partial charge in [0.2, 0.25) is 0 Å². The molecule has 0 bridgehead atoms. The van der Waals surface area contributed by atoms with Crippen LogP contribution < -0.4 is 5.73 Å². The summed E-state index contributed by atoms with van der Waals surface area (Å²) in [6, 6.07) is 0. The maximum absolute atomic E-state index is 5.88. The van der Waals surface area contributed by atoms with Gasteiger partial charge in [0.15, 0.2) is 0 Å². The topological polar surface area (TPSA) is 26.0 Å². The van der Waals surface area contributed by atoms with Gasteiger partial charge in [0, 0.05) is 9.62 Å². The number of hydrogen-bond acceptors (Lipinski definition) is 1. The molecular formula is C9H16IN. The van der Waals surface area contributed by atoms with Gasteiger partial charge in [-0.2, -0.15) is 0 Å². The van der Waals surface area contributed by atoms with Crippen LogP contribution in [0.4, 0.5) is 0 Å². The Morgan fingerprint density at radius 2 is 1.91 bits per heavy atom. The van der Waals surface area contributed by atoms with E-state index in [0.29, 0.717) is 9.84 Å². The van der Waals surface area contributed by atoms with Crippen molar-refractivity contribution in [1.82, 2.24) is 0 Å². The predicted octanol–water partition coefficient (Wildman–Crippen LogP) is 2.86. The molecule has 0 aliphatic rings. The number of hydrogen-bond donors (Lipinski definition) is 1. The molecule has 0 aliphatic carbocycles. The van der Waals surface area contributed by atoms with E-state index in [2.05, 4.69) is 49.9 Å². The number of halogens is 1. The van der Waals surface area contributed by atoms with Crippen LogP contribution in [0.1, 0.15) is 20.8 Å². The van der Waals surface area contributed by atoms with Crippen molar-refractivity contribution >= 4 is 22.6 Å². The molecule has 1 nitrogen and oxygen atoms in total. The smallest absolute Gasteiger partial charge is 0.0348 e. The molecular weight excluding hydrogens is 249 g/mol. The summed E-state index contributed by atoms with van der Waals surface area (Å²) in [6.07, 6.45) is 1.85. The summed E-state index contributed by atoms with van der Waals surface area (Å²) < 4.78 is 0.451. The van der Waals surface area contributed by atoms with Gasteiger partial charge in [-0.1, -0.05) is 49.1 Å². The van der Waals surface area contributed by atoms with Gasteiger partial charge in [-0.3, -0.25) is 0 Å². The van der Waals surface area contributed by atoms with Crippen molar-refractivity contribution in [3.05, 3.63) is 23.9 Å². The van der Waals surface area contributed by atoms with Crippen molar-refractivity contribution in [2.45, 2.75) is 24.7 Å². The Balaban J connectivity index is 4.68. The monoisotopic (exact) mass is 265 g/mol. The molecule has 2 N–H and O–H groups in total. The molecule has 1 unspecified atom stereocenters. The standard InChI is InChI=1S/C9H16IN/c1-5-8(7(4)10)9(11)6(2)3/h5-7H,1,11H2,2-4H3/b9-8+. The van der Waals surface area contributed by atoms with E-state index in [1.165, 1.54) is 5.57 Å². The Labute approximate surface area is 82.9 Å². The second-order valence-electron chi connectivity index (χ2n) is 2.89. The minimum atomic E-state index is 0.417. The van der Waals surface area contributed by atoms with Gasteiger partial charge in [-0.25, -0.2) is 0 Å². The minimum Gasteiger partial charge on any atom is -0.402 e.